The Bertz CT molecular complexity index is 1400. The van der Waals surface area contributed by atoms with E-state index in [0.717, 1.165) is 9.78 Å². The maximum Gasteiger partial charge on any atom is 0.341 e. The number of nitro groups is 1. The number of para-hydroxylation sites is 1. The van der Waals surface area contributed by atoms with E-state index in [2.05, 4.69) is 0 Å². The average molecular weight is 522 g/mol. The minimum absolute atomic E-state index is 0.0930. The van der Waals surface area contributed by atoms with Crippen LogP contribution in [0.2, 0.25) is 0 Å². The van der Waals surface area contributed by atoms with Crippen LogP contribution in [0, 0.1) is 29.9 Å². The molecule has 0 spiro atoms. The summed E-state index contributed by atoms with van der Waals surface area (Å²) in [6.45, 7) is 5.40. The van der Waals surface area contributed by atoms with Crippen molar-refractivity contribution in [1.29, 1.82) is 0 Å². The summed E-state index contributed by atoms with van der Waals surface area (Å²) in [5, 5.41) is 12.9. The van der Waals surface area contributed by atoms with Crippen molar-refractivity contribution in [1.82, 2.24) is 0 Å². The van der Waals surface area contributed by atoms with Gasteiger partial charge in [-0.3, -0.25) is 24.5 Å². The van der Waals surface area contributed by atoms with Gasteiger partial charge in [0.1, 0.15) is 10.9 Å². The maximum atomic E-state index is 13.9. The highest BCUT2D eigenvalue weighted by atomic mass is 32.1. The second kappa shape index (κ2) is 9.41. The van der Waals surface area contributed by atoms with Gasteiger partial charge in [0, 0.05) is 17.0 Å². The monoisotopic (exact) mass is 521 g/mol. The Labute approximate surface area is 216 Å². The number of nitro benzene ring substituents is 1. The van der Waals surface area contributed by atoms with Gasteiger partial charge in [0.05, 0.1) is 28.8 Å². The van der Waals surface area contributed by atoms with Gasteiger partial charge in [0.25, 0.3) is 11.6 Å². The Kier molecular flexibility index (Phi) is 6.26. The van der Waals surface area contributed by atoms with E-state index in [9.17, 15) is 24.5 Å². The second-order valence-corrected chi connectivity index (χ2v) is 9.91. The van der Waals surface area contributed by atoms with Crippen LogP contribution in [-0.4, -0.2) is 35.4 Å². The number of ether oxygens (including phenoxy) is 1. The lowest BCUT2D eigenvalue weighted by atomic mass is 9.90. The molecule has 0 saturated carbocycles. The molecule has 0 bridgehead atoms. The molecular weight excluding hydrogens is 498 g/mol. The molecular formula is C26H23N3O7S. The summed E-state index contributed by atoms with van der Waals surface area (Å²) in [5.41, 5.74) is 1.95. The minimum atomic E-state index is -1.13. The zero-order chi connectivity index (χ0) is 26.4. The van der Waals surface area contributed by atoms with Crippen molar-refractivity contribution in [2.45, 2.75) is 32.9 Å². The number of benzene rings is 2. The van der Waals surface area contributed by atoms with Gasteiger partial charge in [-0.05, 0) is 44.0 Å². The summed E-state index contributed by atoms with van der Waals surface area (Å²) in [4.78, 5) is 59.0. The summed E-state index contributed by atoms with van der Waals surface area (Å²) in [5.74, 6) is -2.63. The normalized spacial score (nSPS) is 20.9. The van der Waals surface area contributed by atoms with Crippen molar-refractivity contribution in [3.05, 3.63) is 86.3 Å². The molecule has 5 rings (SSSR count). The minimum Gasteiger partial charge on any atom is -0.462 e. The first-order chi connectivity index (χ1) is 17.7. The third kappa shape index (κ3) is 3.96. The first-order valence-electron chi connectivity index (χ1n) is 11.6. The SMILES string of the molecule is CCOC(=O)c1c(N2C(=O)[C@@H]3[C@H](ON(c4ccccc4)[C@H]3c3ccc([N+](=O)[O-])cc3)C2=O)sc(C)c1C. The number of hydroxylamine groups is 1. The quantitative estimate of drug-likeness (QED) is 0.201. The number of imide groups is 1. The zero-order valence-electron chi connectivity index (χ0n) is 20.2. The third-order valence-electron chi connectivity index (χ3n) is 6.62. The van der Waals surface area contributed by atoms with Crippen LogP contribution in [0.1, 0.15) is 39.3 Å². The van der Waals surface area contributed by atoms with E-state index in [1.54, 1.807) is 50.2 Å². The van der Waals surface area contributed by atoms with Gasteiger partial charge in [-0.2, -0.15) is 0 Å². The lowest BCUT2D eigenvalue weighted by molar-refractivity contribution is -0.384. The topological polar surface area (TPSA) is 119 Å². The van der Waals surface area contributed by atoms with Crippen molar-refractivity contribution >= 4 is 45.5 Å². The molecule has 2 aromatic carbocycles. The summed E-state index contributed by atoms with van der Waals surface area (Å²) >= 11 is 1.18. The molecule has 0 N–H and O–H groups in total. The molecule has 190 valence electrons. The third-order valence-corrected chi connectivity index (χ3v) is 7.81. The number of anilines is 2. The number of carbonyl (C=O) groups is 3. The van der Waals surface area contributed by atoms with E-state index in [0.29, 0.717) is 16.8 Å². The van der Waals surface area contributed by atoms with E-state index >= 15 is 0 Å². The molecule has 3 aromatic rings. The van der Waals surface area contributed by atoms with Gasteiger partial charge in [-0.25, -0.2) is 14.8 Å². The van der Waals surface area contributed by atoms with E-state index in [4.69, 9.17) is 9.57 Å². The Morgan fingerprint density at radius 1 is 1.08 bits per heavy atom. The van der Waals surface area contributed by atoms with Gasteiger partial charge in [-0.15, -0.1) is 11.3 Å². The van der Waals surface area contributed by atoms with Crippen LogP contribution in [0.5, 0.6) is 0 Å². The average Bonchev–Trinajstić information content (AvgIpc) is 3.50. The molecule has 2 saturated heterocycles. The largest absolute Gasteiger partial charge is 0.462 e. The smallest absolute Gasteiger partial charge is 0.341 e. The zero-order valence-corrected chi connectivity index (χ0v) is 21.1. The highest BCUT2D eigenvalue weighted by molar-refractivity contribution is 7.17. The highest BCUT2D eigenvalue weighted by Gasteiger charge is 2.61. The van der Waals surface area contributed by atoms with E-state index in [1.165, 1.54) is 28.5 Å². The fraction of sp³-hybridized carbons (Fsp3) is 0.269. The Hall–Kier alpha value is -4.09. The summed E-state index contributed by atoms with van der Waals surface area (Å²) < 4.78 is 5.21. The van der Waals surface area contributed by atoms with Gasteiger partial charge in [0.15, 0.2) is 6.10 Å². The summed E-state index contributed by atoms with van der Waals surface area (Å²) in [6, 6.07) is 14.1. The number of hydrogen-bond acceptors (Lipinski definition) is 9. The highest BCUT2D eigenvalue weighted by Crippen LogP contribution is 2.49. The van der Waals surface area contributed by atoms with Crippen LogP contribution in [0.3, 0.4) is 0 Å². The molecule has 3 heterocycles. The van der Waals surface area contributed by atoms with Crippen LogP contribution in [0.4, 0.5) is 16.4 Å². The second-order valence-electron chi connectivity index (χ2n) is 8.70. The van der Waals surface area contributed by atoms with E-state index in [-0.39, 0.29) is 22.9 Å². The fourth-order valence-corrected chi connectivity index (χ4v) is 5.91. The molecule has 2 fully saturated rings. The van der Waals surface area contributed by atoms with Crippen LogP contribution in [0.25, 0.3) is 0 Å². The molecule has 3 atom stereocenters. The number of aryl methyl sites for hydroxylation is 1. The predicted molar refractivity (Wildman–Crippen MR) is 135 cm³/mol. The molecule has 0 aliphatic carbocycles. The van der Waals surface area contributed by atoms with Crippen molar-refractivity contribution < 1.29 is 28.9 Å². The van der Waals surface area contributed by atoms with Crippen LogP contribution in [0.15, 0.2) is 54.6 Å². The van der Waals surface area contributed by atoms with Gasteiger partial charge in [0.2, 0.25) is 5.91 Å². The van der Waals surface area contributed by atoms with E-state index in [1.807, 2.05) is 13.0 Å². The Morgan fingerprint density at radius 3 is 2.38 bits per heavy atom. The van der Waals surface area contributed by atoms with Crippen LogP contribution < -0.4 is 9.96 Å². The van der Waals surface area contributed by atoms with Crippen molar-refractivity contribution in [3.63, 3.8) is 0 Å². The number of carbonyl (C=O) groups excluding carboxylic acids is 3. The standard InChI is InChI=1S/C26H23N3O7S/c1-4-35-26(32)19-14(2)15(3)37-25(19)27-23(30)20-21(16-10-12-18(13-11-16)29(33)34)28(36-22(20)24(27)31)17-8-6-5-7-9-17/h5-13,20-22H,4H2,1-3H3/t20-,21-,22-/m0/s1. The molecule has 0 unspecified atom stereocenters. The number of nitrogens with zero attached hydrogens (tertiary/aromatic N) is 3. The number of esters is 1. The molecule has 2 amide bonds. The predicted octanol–water partition coefficient (Wildman–Crippen LogP) is 4.50. The first kappa shape index (κ1) is 24.6. The maximum absolute atomic E-state index is 13.9. The number of fused-ring (bicyclic) bond motifs is 1. The summed E-state index contributed by atoms with van der Waals surface area (Å²) in [7, 11) is 0. The number of hydrogen-bond donors (Lipinski definition) is 0. The molecule has 2 aliphatic heterocycles. The number of thiophene rings is 1. The van der Waals surface area contributed by atoms with E-state index < -0.39 is 40.8 Å². The van der Waals surface area contributed by atoms with Crippen LogP contribution in [-0.2, 0) is 19.2 Å². The molecule has 37 heavy (non-hydrogen) atoms. The fourth-order valence-electron chi connectivity index (χ4n) is 4.76. The Morgan fingerprint density at radius 2 is 1.76 bits per heavy atom. The van der Waals surface area contributed by atoms with Crippen molar-refractivity contribution in [2.75, 3.05) is 16.6 Å². The lowest BCUT2D eigenvalue weighted by Crippen LogP contribution is -2.37. The van der Waals surface area contributed by atoms with Gasteiger partial charge in [-0.1, -0.05) is 30.3 Å². The lowest BCUT2D eigenvalue weighted by Gasteiger charge is -2.28. The molecule has 11 heteroatoms. The summed E-state index contributed by atoms with van der Waals surface area (Å²) in [6.07, 6.45) is -1.13. The molecule has 2 aliphatic rings. The van der Waals surface area contributed by atoms with Gasteiger partial charge < -0.3 is 4.74 Å². The molecule has 0 radical (unpaired) electrons. The number of amides is 2. The molecule has 10 nitrogen and oxygen atoms in total. The molecule has 1 aromatic heterocycles. The number of non-ortho nitro benzene ring substituents is 1. The number of rotatable bonds is 6. The van der Waals surface area contributed by atoms with Crippen LogP contribution >= 0.6 is 11.3 Å². The Balaban J connectivity index is 1.59. The van der Waals surface area contributed by atoms with Crippen molar-refractivity contribution in [2.24, 2.45) is 5.92 Å². The van der Waals surface area contributed by atoms with Crippen molar-refractivity contribution in [3.8, 4) is 0 Å². The first-order valence-corrected chi connectivity index (χ1v) is 12.5. The van der Waals surface area contributed by atoms with Gasteiger partial charge >= 0.3 is 5.97 Å².